The maximum absolute atomic E-state index is 14.0. The minimum absolute atomic E-state index is 0.101. The van der Waals surface area contributed by atoms with Crippen LogP contribution in [0.2, 0.25) is 0 Å². The number of carbonyl (C=O) groups excluding carboxylic acids is 6. The Balaban J connectivity index is 1.82. The first kappa shape index (κ1) is 38.3. The summed E-state index contributed by atoms with van der Waals surface area (Å²) in [5, 5.41) is 4.53. The number of rotatable bonds is 11. The zero-order valence-electron chi connectivity index (χ0n) is 27.1. The third-order valence-corrected chi connectivity index (χ3v) is 8.01. The van der Waals surface area contributed by atoms with Gasteiger partial charge in [-0.05, 0) is 36.1 Å². The molecule has 2 saturated heterocycles. The van der Waals surface area contributed by atoms with E-state index in [-0.39, 0.29) is 24.4 Å². The van der Waals surface area contributed by atoms with Crippen LogP contribution in [0, 0.1) is 11.8 Å². The van der Waals surface area contributed by atoms with Gasteiger partial charge in [0, 0.05) is 37.6 Å². The monoisotopic (exact) mass is 690 g/mol. The van der Waals surface area contributed by atoms with Crippen molar-refractivity contribution in [2.75, 3.05) is 32.8 Å². The van der Waals surface area contributed by atoms with Crippen molar-refractivity contribution in [2.24, 2.45) is 11.8 Å². The van der Waals surface area contributed by atoms with Gasteiger partial charge in [0.25, 0.3) is 11.8 Å². The van der Waals surface area contributed by atoms with E-state index in [9.17, 15) is 50.7 Å². The summed E-state index contributed by atoms with van der Waals surface area (Å²) in [7, 11) is 0. The molecule has 1 aromatic rings. The normalized spacial score (nSPS) is 19.9. The molecule has 0 aromatic heterocycles. The zero-order valence-corrected chi connectivity index (χ0v) is 27.1. The highest BCUT2D eigenvalue weighted by Crippen LogP contribution is 2.38. The first-order chi connectivity index (χ1) is 22.3. The quantitative estimate of drug-likeness (QED) is 0.266. The number of halogens is 5. The van der Waals surface area contributed by atoms with E-state index < -0.39 is 77.6 Å². The van der Waals surface area contributed by atoms with Crippen LogP contribution in [0.15, 0.2) is 24.3 Å². The van der Waals surface area contributed by atoms with E-state index in [1.54, 1.807) is 18.7 Å². The van der Waals surface area contributed by atoms with Gasteiger partial charge in [0.05, 0.1) is 25.8 Å². The van der Waals surface area contributed by atoms with Gasteiger partial charge in [-0.15, -0.1) is 0 Å². The van der Waals surface area contributed by atoms with Crippen LogP contribution in [0.4, 0.5) is 22.0 Å². The highest BCUT2D eigenvalue weighted by Gasteiger charge is 2.65. The number of nitrogens with zero attached hydrogens (tertiary/aromatic N) is 2. The molecule has 2 aliphatic rings. The van der Waals surface area contributed by atoms with Crippen LogP contribution in [0.3, 0.4) is 0 Å². The predicted octanol–water partition coefficient (Wildman–Crippen LogP) is 2.35. The predicted molar refractivity (Wildman–Crippen MR) is 158 cm³/mol. The summed E-state index contributed by atoms with van der Waals surface area (Å²) in [5.41, 5.74) is 0.433. The summed E-state index contributed by atoms with van der Waals surface area (Å²) in [6, 6.07) is 0.587. The summed E-state index contributed by atoms with van der Waals surface area (Å²) in [6.07, 6.45) is -7.63. The standard InChI is InChI=1S/C31H39F5N4O8/c1-16(2)23(25(42)30(32,33)31(34,35)36)37-27(44)22-14-21(48-18(5)41)15-40(22)29(46)24(17(3)4)38-26(43)19-6-8-20(9-7-19)28(45)39-10-12-47-13-11-39/h6-9,16-17,21-24H,10-15H2,1-5H3,(H,37,44)(H,38,43)/t21-,22+,23?,24+/m1/s1. The smallest absolute Gasteiger partial charge is 0.461 e. The average molecular weight is 691 g/mol. The fourth-order valence-electron chi connectivity index (χ4n) is 5.36. The topological polar surface area (TPSA) is 151 Å². The van der Waals surface area contributed by atoms with Crippen LogP contribution >= 0.6 is 0 Å². The fraction of sp³-hybridized carbons (Fsp3) is 0.613. The van der Waals surface area contributed by atoms with Gasteiger partial charge in [0.2, 0.25) is 17.6 Å². The minimum atomic E-state index is -6.21. The molecule has 4 amide bonds. The molecule has 1 aromatic carbocycles. The molecule has 4 atom stereocenters. The van der Waals surface area contributed by atoms with Crippen LogP contribution in [0.25, 0.3) is 0 Å². The lowest BCUT2D eigenvalue weighted by Crippen LogP contribution is -2.60. The summed E-state index contributed by atoms with van der Waals surface area (Å²) >= 11 is 0. The molecule has 2 fully saturated rings. The van der Waals surface area contributed by atoms with E-state index in [0.29, 0.717) is 31.9 Å². The molecule has 12 nitrogen and oxygen atoms in total. The van der Waals surface area contributed by atoms with Gasteiger partial charge in [-0.1, -0.05) is 27.7 Å². The van der Waals surface area contributed by atoms with Crippen molar-refractivity contribution in [3.8, 4) is 0 Å². The Morgan fingerprint density at radius 2 is 1.40 bits per heavy atom. The molecule has 3 rings (SSSR count). The molecule has 0 saturated carbocycles. The first-order valence-corrected chi connectivity index (χ1v) is 15.3. The molecule has 2 aliphatic heterocycles. The number of nitrogens with one attached hydrogen (secondary N) is 2. The van der Waals surface area contributed by atoms with Crippen LogP contribution in [-0.4, -0.2) is 114 Å². The van der Waals surface area contributed by atoms with Gasteiger partial charge in [0.1, 0.15) is 18.2 Å². The number of Topliss-reactive ketones (excluding diaryl/α,β-unsaturated/α-hetero) is 1. The number of carbonyl (C=O) groups is 6. The molecule has 0 spiro atoms. The number of alkyl halides is 5. The Labute approximate surface area is 273 Å². The van der Waals surface area contributed by atoms with Crippen molar-refractivity contribution in [1.82, 2.24) is 20.4 Å². The lowest BCUT2D eigenvalue weighted by Gasteiger charge is -2.32. The van der Waals surface area contributed by atoms with E-state index in [0.717, 1.165) is 25.7 Å². The Morgan fingerprint density at radius 3 is 1.90 bits per heavy atom. The summed E-state index contributed by atoms with van der Waals surface area (Å²) in [6.45, 7) is 7.85. The number of ether oxygens (including phenoxy) is 2. The number of amides is 4. The number of likely N-dealkylation sites (tertiary alicyclic amines) is 1. The molecule has 266 valence electrons. The van der Waals surface area contributed by atoms with Crippen molar-refractivity contribution in [3.63, 3.8) is 0 Å². The minimum Gasteiger partial charge on any atom is -0.461 e. The largest absolute Gasteiger partial charge is 0.461 e. The fourth-order valence-corrected chi connectivity index (χ4v) is 5.36. The summed E-state index contributed by atoms with van der Waals surface area (Å²) < 4.78 is 77.2. The second-order valence-corrected chi connectivity index (χ2v) is 12.3. The number of ketones is 1. The van der Waals surface area contributed by atoms with E-state index in [2.05, 4.69) is 5.32 Å². The van der Waals surface area contributed by atoms with Gasteiger partial charge in [-0.25, -0.2) is 0 Å². The first-order valence-electron chi connectivity index (χ1n) is 15.3. The second-order valence-electron chi connectivity index (χ2n) is 12.3. The number of morpholine rings is 1. The van der Waals surface area contributed by atoms with E-state index in [4.69, 9.17) is 9.47 Å². The van der Waals surface area contributed by atoms with Gasteiger partial charge >= 0.3 is 18.1 Å². The SMILES string of the molecule is CC(=O)O[C@@H]1C[C@@H](C(=O)NC(C(=O)C(F)(F)C(F)(F)F)C(C)C)N(C(=O)[C@@H](NC(=O)c2ccc(C(=O)N3CCOCC3)cc2)C(C)C)C1. The lowest BCUT2D eigenvalue weighted by atomic mass is 9.95. The maximum Gasteiger partial charge on any atom is 0.461 e. The van der Waals surface area contributed by atoms with Gasteiger partial charge in [0.15, 0.2) is 0 Å². The molecule has 0 bridgehead atoms. The molecule has 2 N–H and O–H groups in total. The number of benzene rings is 1. The Bertz CT molecular complexity index is 1380. The molecule has 0 aliphatic carbocycles. The third-order valence-electron chi connectivity index (χ3n) is 8.01. The Kier molecular flexibility index (Phi) is 12.3. The second kappa shape index (κ2) is 15.4. The van der Waals surface area contributed by atoms with E-state index >= 15 is 0 Å². The van der Waals surface area contributed by atoms with Crippen LogP contribution in [0.1, 0.15) is 61.8 Å². The van der Waals surface area contributed by atoms with Crippen molar-refractivity contribution >= 4 is 35.4 Å². The summed E-state index contributed by atoms with van der Waals surface area (Å²) in [5.74, 6) is -13.9. The average Bonchev–Trinajstić information content (AvgIpc) is 3.44. The molecular weight excluding hydrogens is 651 g/mol. The zero-order chi connectivity index (χ0) is 36.1. The van der Waals surface area contributed by atoms with Crippen LogP contribution in [-0.2, 0) is 28.7 Å². The lowest BCUT2D eigenvalue weighted by molar-refractivity contribution is -0.270. The third kappa shape index (κ3) is 8.85. The Morgan fingerprint density at radius 1 is 0.854 bits per heavy atom. The molecular formula is C31H39F5N4O8. The van der Waals surface area contributed by atoms with E-state index in [1.807, 2.05) is 5.32 Å². The molecule has 0 radical (unpaired) electrons. The highest BCUT2D eigenvalue weighted by atomic mass is 19.4. The number of hydrogen-bond acceptors (Lipinski definition) is 8. The van der Waals surface area contributed by atoms with Crippen molar-refractivity contribution in [2.45, 2.75) is 77.4 Å². The Hall–Kier alpha value is -4.15. The molecule has 48 heavy (non-hydrogen) atoms. The molecule has 2 heterocycles. The van der Waals surface area contributed by atoms with Crippen molar-refractivity contribution < 1.29 is 60.2 Å². The molecule has 17 heteroatoms. The highest BCUT2D eigenvalue weighted by molar-refractivity contribution is 6.01. The van der Waals surface area contributed by atoms with Gasteiger partial charge in [-0.2, -0.15) is 22.0 Å². The molecule has 1 unspecified atom stereocenters. The van der Waals surface area contributed by atoms with Crippen LogP contribution in [0.5, 0.6) is 0 Å². The number of esters is 1. The summed E-state index contributed by atoms with van der Waals surface area (Å²) in [4.78, 5) is 79.7. The van der Waals surface area contributed by atoms with E-state index in [1.165, 1.54) is 24.3 Å². The number of hydrogen-bond donors (Lipinski definition) is 2. The maximum atomic E-state index is 14.0. The van der Waals surface area contributed by atoms with Crippen LogP contribution < -0.4 is 10.6 Å². The van der Waals surface area contributed by atoms with Crippen molar-refractivity contribution in [1.29, 1.82) is 0 Å². The van der Waals surface area contributed by atoms with Crippen molar-refractivity contribution in [3.05, 3.63) is 35.4 Å². The van der Waals surface area contributed by atoms with Gasteiger partial charge in [-0.3, -0.25) is 28.8 Å². The van der Waals surface area contributed by atoms with Gasteiger partial charge < -0.3 is 29.9 Å².